The Morgan fingerprint density at radius 1 is 1.23 bits per heavy atom. The number of nitrogens with two attached hydrogens (primary N) is 1. The lowest BCUT2D eigenvalue weighted by molar-refractivity contribution is -0.244. The van der Waals surface area contributed by atoms with Gasteiger partial charge in [-0.3, -0.25) is 4.52 Å². The number of fused-ring (bicyclic) bond motifs is 2. The smallest absolute Gasteiger partial charge is 0.402 e. The average Bonchev–Trinajstić information content (AvgIpc) is 3.47. The number of nitriles is 1. The first kappa shape index (κ1) is 24.0. The molecule has 35 heavy (non-hydrogen) atoms. The number of rotatable bonds is 6. The number of ether oxygens (including phenoxy) is 3. The van der Waals surface area contributed by atoms with E-state index in [1.54, 1.807) is 38.1 Å². The summed E-state index contributed by atoms with van der Waals surface area (Å²) in [5.74, 6) is -3.06. The van der Waals surface area contributed by atoms with E-state index in [0.29, 0.717) is 11.2 Å². The minimum Gasteiger partial charge on any atom is -0.402 e. The number of anilines is 1. The van der Waals surface area contributed by atoms with Crippen LogP contribution in [-0.2, 0) is 27.8 Å². The fraction of sp³-hybridized carbons (Fsp3) is 0.381. The van der Waals surface area contributed by atoms with Gasteiger partial charge in [-0.1, -0.05) is 23.7 Å². The van der Waals surface area contributed by atoms with E-state index in [2.05, 4.69) is 10.1 Å². The van der Waals surface area contributed by atoms with Crippen molar-refractivity contribution in [2.24, 2.45) is 0 Å². The maximum atomic E-state index is 13.5. The van der Waals surface area contributed by atoms with Crippen molar-refractivity contribution in [2.75, 3.05) is 12.8 Å². The number of phosphoric acid groups is 1. The third kappa shape index (κ3) is 4.05. The van der Waals surface area contributed by atoms with Crippen LogP contribution in [0.1, 0.15) is 25.6 Å². The predicted octanol–water partition coefficient (Wildman–Crippen LogP) is 3.63. The molecule has 0 radical (unpaired) electrons. The first-order valence-electron chi connectivity index (χ1n) is 10.4. The van der Waals surface area contributed by atoms with E-state index >= 15 is 0 Å². The summed E-state index contributed by atoms with van der Waals surface area (Å²) < 4.78 is 49.5. The first-order valence-corrected chi connectivity index (χ1v) is 12.3. The SMILES string of the molecule is COP(=O)(Oc1ccccc1Cl)O[C@@]1(C#N)O[C@@H](c2ccc3c(N)ncnn23)[C@@H]2OC(C)(C)O[C@@H]21. The van der Waals surface area contributed by atoms with Gasteiger partial charge >= 0.3 is 7.82 Å². The Kier molecular flexibility index (Phi) is 5.77. The van der Waals surface area contributed by atoms with Crippen molar-refractivity contribution in [1.29, 1.82) is 5.26 Å². The van der Waals surface area contributed by atoms with Crippen LogP contribution in [0.5, 0.6) is 5.75 Å². The number of hydrogen-bond donors (Lipinski definition) is 1. The van der Waals surface area contributed by atoms with Gasteiger partial charge in [0.25, 0.3) is 5.79 Å². The van der Waals surface area contributed by atoms with Crippen molar-refractivity contribution in [1.82, 2.24) is 14.6 Å². The van der Waals surface area contributed by atoms with Crippen LogP contribution in [0.2, 0.25) is 5.02 Å². The van der Waals surface area contributed by atoms with E-state index in [0.717, 1.165) is 7.11 Å². The lowest BCUT2D eigenvalue weighted by atomic mass is 10.0. The molecule has 1 aromatic carbocycles. The van der Waals surface area contributed by atoms with Crippen molar-refractivity contribution in [3.63, 3.8) is 0 Å². The standard InChI is InChI=1S/C21H21ClN5O7P/c1-20(2)30-17-16(13-8-9-14-19(24)25-11-26-27(13)14)31-21(10-23,18(17)32-20)34-35(28,29-3)33-15-7-5-4-6-12(15)22/h4-9,11,16-18H,1-3H3,(H2,24,25,26)/t16-,17-,18-,21+,35?/m0/s1. The van der Waals surface area contributed by atoms with Crippen molar-refractivity contribution >= 4 is 30.8 Å². The highest BCUT2D eigenvalue weighted by molar-refractivity contribution is 7.49. The molecule has 0 aliphatic carbocycles. The predicted molar refractivity (Wildman–Crippen MR) is 121 cm³/mol. The van der Waals surface area contributed by atoms with Gasteiger partial charge in [0.1, 0.15) is 35.9 Å². The molecule has 2 aromatic heterocycles. The zero-order chi connectivity index (χ0) is 25.0. The molecule has 4 heterocycles. The Morgan fingerprint density at radius 3 is 2.71 bits per heavy atom. The second-order valence-corrected chi connectivity index (χ2v) is 10.3. The van der Waals surface area contributed by atoms with Crippen LogP contribution in [-0.4, -0.2) is 45.5 Å². The molecule has 5 atom stereocenters. The van der Waals surface area contributed by atoms with Gasteiger partial charge in [-0.15, -0.1) is 0 Å². The average molecular weight is 522 g/mol. The molecule has 1 unspecified atom stereocenters. The molecule has 2 saturated heterocycles. The van der Waals surface area contributed by atoms with Gasteiger partial charge in [-0.2, -0.15) is 10.4 Å². The third-order valence-corrected chi connectivity index (χ3v) is 7.25. The van der Waals surface area contributed by atoms with Gasteiger partial charge in [0.2, 0.25) is 0 Å². The summed E-state index contributed by atoms with van der Waals surface area (Å²) in [6, 6.07) is 11.7. The largest absolute Gasteiger partial charge is 0.533 e. The van der Waals surface area contributed by atoms with E-state index in [4.69, 9.17) is 45.1 Å². The maximum Gasteiger partial charge on any atom is 0.533 e. The Hall–Kier alpha value is -2.75. The quantitative estimate of drug-likeness (QED) is 0.473. The van der Waals surface area contributed by atoms with Crippen LogP contribution in [0, 0.1) is 11.3 Å². The number of para-hydroxylation sites is 1. The molecule has 3 aromatic rings. The minimum atomic E-state index is -4.45. The lowest BCUT2D eigenvalue weighted by Gasteiger charge is -2.30. The molecular formula is C21H21ClN5O7P. The summed E-state index contributed by atoms with van der Waals surface area (Å²) in [6.45, 7) is 3.36. The highest BCUT2D eigenvalue weighted by atomic mass is 35.5. The summed E-state index contributed by atoms with van der Waals surface area (Å²) in [7, 11) is -3.34. The fourth-order valence-corrected chi connectivity index (χ4v) is 5.46. The molecule has 184 valence electrons. The van der Waals surface area contributed by atoms with Crippen LogP contribution >= 0.6 is 19.4 Å². The van der Waals surface area contributed by atoms with Gasteiger partial charge < -0.3 is 24.5 Å². The Balaban J connectivity index is 1.55. The molecule has 2 fully saturated rings. The van der Waals surface area contributed by atoms with Crippen LogP contribution in [0.3, 0.4) is 0 Å². The van der Waals surface area contributed by atoms with Crippen molar-refractivity contribution < 1.29 is 32.3 Å². The Bertz CT molecular complexity index is 1380. The third-order valence-electron chi connectivity index (χ3n) is 5.58. The molecule has 0 saturated carbocycles. The maximum absolute atomic E-state index is 13.5. The molecule has 2 aliphatic heterocycles. The summed E-state index contributed by atoms with van der Waals surface area (Å²) in [5.41, 5.74) is 6.98. The molecule has 2 N–H and O–H groups in total. The van der Waals surface area contributed by atoms with Crippen molar-refractivity contribution in [2.45, 2.75) is 43.7 Å². The minimum absolute atomic E-state index is 0.0345. The first-order chi connectivity index (χ1) is 16.6. The van der Waals surface area contributed by atoms with E-state index < -0.39 is 37.7 Å². The molecule has 0 bridgehead atoms. The summed E-state index contributed by atoms with van der Waals surface area (Å²) in [5, 5.41) is 14.6. The highest BCUT2D eigenvalue weighted by Crippen LogP contribution is 2.59. The number of halogens is 1. The fourth-order valence-electron chi connectivity index (χ4n) is 4.13. The van der Waals surface area contributed by atoms with Crippen molar-refractivity contribution in [3.8, 4) is 11.8 Å². The molecule has 0 spiro atoms. The Labute approximate surface area is 205 Å². The summed E-state index contributed by atoms with van der Waals surface area (Å²) in [4.78, 5) is 3.98. The summed E-state index contributed by atoms with van der Waals surface area (Å²) in [6.07, 6.45) is -1.61. The van der Waals surface area contributed by atoms with Crippen molar-refractivity contribution in [3.05, 3.63) is 53.4 Å². The molecule has 14 heteroatoms. The number of aromatic nitrogens is 3. The van der Waals surface area contributed by atoms with Gasteiger partial charge in [0.15, 0.2) is 17.7 Å². The second-order valence-electron chi connectivity index (χ2n) is 8.28. The number of hydrogen-bond acceptors (Lipinski definition) is 11. The zero-order valence-corrected chi connectivity index (χ0v) is 20.5. The molecule has 0 amide bonds. The molecule has 5 rings (SSSR count). The highest BCUT2D eigenvalue weighted by Gasteiger charge is 2.68. The van der Waals surface area contributed by atoms with Gasteiger partial charge in [0, 0.05) is 7.11 Å². The molecule has 2 aliphatic rings. The number of phosphoric ester groups is 1. The number of nitrogen functional groups attached to an aromatic ring is 1. The van der Waals surface area contributed by atoms with Crippen LogP contribution in [0.25, 0.3) is 5.52 Å². The van der Waals surface area contributed by atoms with Crippen LogP contribution in [0.4, 0.5) is 5.82 Å². The zero-order valence-electron chi connectivity index (χ0n) is 18.8. The van der Waals surface area contributed by atoms with E-state index in [-0.39, 0.29) is 16.6 Å². The van der Waals surface area contributed by atoms with Gasteiger partial charge in [-0.05, 0) is 38.1 Å². The summed E-state index contributed by atoms with van der Waals surface area (Å²) >= 11 is 6.13. The van der Waals surface area contributed by atoms with E-state index in [9.17, 15) is 9.83 Å². The van der Waals surface area contributed by atoms with Crippen LogP contribution < -0.4 is 10.3 Å². The lowest BCUT2D eigenvalue weighted by Crippen LogP contribution is -2.44. The molecular weight excluding hydrogens is 501 g/mol. The van der Waals surface area contributed by atoms with Gasteiger partial charge in [0.05, 0.1) is 10.7 Å². The van der Waals surface area contributed by atoms with Gasteiger partial charge in [-0.25, -0.2) is 18.6 Å². The second kappa shape index (κ2) is 8.43. The number of benzene rings is 1. The number of nitrogens with zero attached hydrogens (tertiary/aromatic N) is 4. The molecule has 12 nitrogen and oxygen atoms in total. The normalized spacial score (nSPS) is 28.9. The van der Waals surface area contributed by atoms with E-state index in [1.807, 2.05) is 6.07 Å². The van der Waals surface area contributed by atoms with E-state index in [1.165, 1.54) is 23.0 Å². The van der Waals surface area contributed by atoms with Crippen LogP contribution in [0.15, 0.2) is 42.7 Å². The Morgan fingerprint density at radius 2 is 2.00 bits per heavy atom. The monoisotopic (exact) mass is 521 g/mol. The topological polar surface area (TPSA) is 152 Å².